The molecule has 0 radical (unpaired) electrons. The number of halogens is 2. The number of carbonyl (C=O) groups is 1. The smallest absolute Gasteiger partial charge is 0.224 e. The molecule has 2 N–H and O–H groups in total. The number of benzene rings is 2. The number of amides is 1. The number of rotatable bonds is 6. The molecule has 4 heteroatoms. The fraction of sp³-hybridized carbons (Fsp3) is 0.316. The van der Waals surface area contributed by atoms with Gasteiger partial charge in [-0.05, 0) is 48.7 Å². The van der Waals surface area contributed by atoms with Gasteiger partial charge in [0.1, 0.15) is 0 Å². The molecule has 0 heterocycles. The average Bonchev–Trinajstić information content (AvgIpc) is 2.51. The molecule has 1 atom stereocenters. The van der Waals surface area contributed by atoms with Crippen LogP contribution in [0.15, 0.2) is 48.5 Å². The summed E-state index contributed by atoms with van der Waals surface area (Å²) in [5.41, 5.74) is 7.16. The van der Waals surface area contributed by atoms with Gasteiger partial charge in [-0.25, -0.2) is 0 Å². The highest BCUT2D eigenvalue weighted by atomic mass is 35.5. The third-order valence-corrected chi connectivity index (χ3v) is 4.88. The molecule has 0 spiro atoms. The summed E-state index contributed by atoms with van der Waals surface area (Å²) >= 11 is 12.0. The Balaban J connectivity index is 2.60. The molecule has 0 saturated carbocycles. The van der Waals surface area contributed by atoms with E-state index in [1.54, 1.807) is 0 Å². The molecule has 0 aromatic heterocycles. The molecule has 0 aliphatic carbocycles. The molecule has 1 unspecified atom stereocenters. The largest absolute Gasteiger partial charge is 0.369 e. The lowest BCUT2D eigenvalue weighted by Gasteiger charge is -2.36. The van der Waals surface area contributed by atoms with Crippen LogP contribution in [0.3, 0.4) is 0 Å². The molecule has 2 rings (SSSR count). The zero-order chi connectivity index (χ0) is 17.0. The van der Waals surface area contributed by atoms with Crippen molar-refractivity contribution >= 4 is 29.1 Å². The van der Waals surface area contributed by atoms with Crippen LogP contribution in [0, 0.1) is 5.41 Å². The molecule has 0 fully saturated rings. The topological polar surface area (TPSA) is 43.1 Å². The lowest BCUT2D eigenvalue weighted by molar-refractivity contribution is -0.128. The summed E-state index contributed by atoms with van der Waals surface area (Å²) in [7, 11) is 0. The molecule has 0 aliphatic heterocycles. The molecule has 2 aromatic rings. The van der Waals surface area contributed by atoms with Crippen molar-refractivity contribution in [2.24, 2.45) is 11.1 Å². The van der Waals surface area contributed by atoms with Crippen LogP contribution in [0.5, 0.6) is 0 Å². The van der Waals surface area contributed by atoms with Crippen LogP contribution in [0.25, 0.3) is 0 Å². The van der Waals surface area contributed by atoms with Gasteiger partial charge in [0.25, 0.3) is 0 Å². The Labute approximate surface area is 147 Å². The predicted octanol–water partition coefficient (Wildman–Crippen LogP) is 5.42. The fourth-order valence-corrected chi connectivity index (χ4v) is 3.42. The van der Waals surface area contributed by atoms with E-state index >= 15 is 0 Å². The Kier molecular flexibility index (Phi) is 5.72. The second-order valence-electron chi connectivity index (χ2n) is 6.07. The van der Waals surface area contributed by atoms with Crippen molar-refractivity contribution in [3.8, 4) is 0 Å². The van der Waals surface area contributed by atoms with Gasteiger partial charge in [0.05, 0.1) is 5.41 Å². The normalized spacial score (nSPS) is 13.8. The highest BCUT2D eigenvalue weighted by molar-refractivity contribution is 6.30. The van der Waals surface area contributed by atoms with Gasteiger partial charge < -0.3 is 5.73 Å². The Morgan fingerprint density at radius 1 is 1.00 bits per heavy atom. The van der Waals surface area contributed by atoms with Gasteiger partial charge in [-0.1, -0.05) is 60.8 Å². The third-order valence-electron chi connectivity index (χ3n) is 4.38. The molecule has 2 nitrogen and oxygen atoms in total. The lowest BCUT2D eigenvalue weighted by atomic mass is 9.67. The van der Waals surface area contributed by atoms with Crippen molar-refractivity contribution in [2.75, 3.05) is 0 Å². The minimum Gasteiger partial charge on any atom is -0.369 e. The minimum atomic E-state index is -0.684. The van der Waals surface area contributed by atoms with Gasteiger partial charge in [-0.15, -0.1) is 0 Å². The van der Waals surface area contributed by atoms with E-state index in [1.165, 1.54) is 0 Å². The number of hydrogen-bond donors (Lipinski definition) is 1. The maximum atomic E-state index is 12.3. The summed E-state index contributed by atoms with van der Waals surface area (Å²) in [4.78, 5) is 12.3. The van der Waals surface area contributed by atoms with Gasteiger partial charge in [0.15, 0.2) is 0 Å². The third kappa shape index (κ3) is 3.88. The Bertz CT molecular complexity index is 621. The molecule has 1 amide bonds. The summed E-state index contributed by atoms with van der Waals surface area (Å²) in [6.07, 6.45) is 1.58. The van der Waals surface area contributed by atoms with Gasteiger partial charge in [-0.3, -0.25) is 4.79 Å². The second-order valence-corrected chi connectivity index (χ2v) is 6.94. The summed E-state index contributed by atoms with van der Waals surface area (Å²) in [6.45, 7) is 3.99. The van der Waals surface area contributed by atoms with Crippen LogP contribution in [-0.2, 0) is 4.79 Å². The van der Waals surface area contributed by atoms with Crippen molar-refractivity contribution < 1.29 is 4.79 Å². The van der Waals surface area contributed by atoms with Gasteiger partial charge in [0, 0.05) is 16.0 Å². The van der Waals surface area contributed by atoms with Crippen LogP contribution in [0.2, 0.25) is 10.0 Å². The van der Waals surface area contributed by atoms with E-state index in [0.717, 1.165) is 17.5 Å². The standard InChI is InChI=1S/C19H21Cl2NO/c1-3-12-19(2,18(22)23)17(13-4-8-15(20)9-5-13)14-6-10-16(21)11-7-14/h4-11,17H,3,12H2,1-2H3,(H2,22,23). The minimum absolute atomic E-state index is 0.144. The van der Waals surface area contributed by atoms with E-state index in [1.807, 2.05) is 55.5 Å². The van der Waals surface area contributed by atoms with E-state index in [9.17, 15) is 4.79 Å². The summed E-state index contributed by atoms with van der Waals surface area (Å²) in [5, 5.41) is 1.33. The van der Waals surface area contributed by atoms with Crippen molar-refractivity contribution in [1.82, 2.24) is 0 Å². The fourth-order valence-electron chi connectivity index (χ4n) is 3.17. The average molecular weight is 350 g/mol. The SMILES string of the molecule is CCCC(C)(C(N)=O)C(c1ccc(Cl)cc1)c1ccc(Cl)cc1. The zero-order valence-corrected chi connectivity index (χ0v) is 14.9. The van der Waals surface area contributed by atoms with Crippen molar-refractivity contribution in [2.45, 2.75) is 32.6 Å². The monoisotopic (exact) mass is 349 g/mol. The van der Waals surface area contributed by atoms with Crippen LogP contribution in [-0.4, -0.2) is 5.91 Å². The van der Waals surface area contributed by atoms with Gasteiger partial charge >= 0.3 is 0 Å². The Morgan fingerprint density at radius 2 is 1.39 bits per heavy atom. The Morgan fingerprint density at radius 3 is 1.70 bits per heavy atom. The number of carbonyl (C=O) groups excluding carboxylic acids is 1. The van der Waals surface area contributed by atoms with Crippen LogP contribution < -0.4 is 5.73 Å². The predicted molar refractivity (Wildman–Crippen MR) is 97.0 cm³/mol. The first-order valence-corrected chi connectivity index (χ1v) is 8.45. The maximum Gasteiger partial charge on any atom is 0.224 e. The molecule has 2 aromatic carbocycles. The van der Waals surface area contributed by atoms with E-state index in [4.69, 9.17) is 28.9 Å². The van der Waals surface area contributed by atoms with Gasteiger partial charge in [0.2, 0.25) is 5.91 Å². The summed E-state index contributed by atoms with van der Waals surface area (Å²) in [5.74, 6) is -0.441. The molecule has 0 saturated heterocycles. The van der Waals surface area contributed by atoms with Crippen molar-refractivity contribution in [3.05, 3.63) is 69.7 Å². The first-order valence-electron chi connectivity index (χ1n) is 7.69. The lowest BCUT2D eigenvalue weighted by Crippen LogP contribution is -2.40. The first kappa shape index (κ1) is 17.8. The quantitative estimate of drug-likeness (QED) is 0.743. The van der Waals surface area contributed by atoms with E-state index in [2.05, 4.69) is 6.92 Å². The molecular formula is C19H21Cl2NO. The number of nitrogens with two attached hydrogens (primary N) is 1. The van der Waals surface area contributed by atoms with Crippen LogP contribution >= 0.6 is 23.2 Å². The maximum absolute atomic E-state index is 12.3. The van der Waals surface area contributed by atoms with Gasteiger partial charge in [-0.2, -0.15) is 0 Å². The van der Waals surface area contributed by atoms with E-state index in [0.29, 0.717) is 16.5 Å². The molecule has 23 heavy (non-hydrogen) atoms. The summed E-state index contributed by atoms with van der Waals surface area (Å²) in [6, 6.07) is 15.2. The Hall–Kier alpha value is -1.51. The zero-order valence-electron chi connectivity index (χ0n) is 13.4. The molecule has 0 bridgehead atoms. The van der Waals surface area contributed by atoms with Crippen molar-refractivity contribution in [3.63, 3.8) is 0 Å². The van der Waals surface area contributed by atoms with E-state index < -0.39 is 5.41 Å². The molecule has 0 aliphatic rings. The second kappa shape index (κ2) is 7.37. The van der Waals surface area contributed by atoms with Crippen LogP contribution in [0.1, 0.15) is 43.7 Å². The molecule has 122 valence electrons. The molecular weight excluding hydrogens is 329 g/mol. The van der Waals surface area contributed by atoms with Crippen LogP contribution in [0.4, 0.5) is 0 Å². The highest BCUT2D eigenvalue weighted by Gasteiger charge is 2.40. The number of hydrogen-bond acceptors (Lipinski definition) is 1. The highest BCUT2D eigenvalue weighted by Crippen LogP contribution is 2.44. The summed E-state index contributed by atoms with van der Waals surface area (Å²) < 4.78 is 0. The first-order chi connectivity index (χ1) is 10.9. The number of primary amides is 1. The van der Waals surface area contributed by atoms with Crippen molar-refractivity contribution in [1.29, 1.82) is 0 Å². The van der Waals surface area contributed by atoms with E-state index in [-0.39, 0.29) is 11.8 Å².